The highest BCUT2D eigenvalue weighted by molar-refractivity contribution is 5.62. The maximum Gasteiger partial charge on any atom is 0.295 e. The first-order valence-corrected chi connectivity index (χ1v) is 5.14. The van der Waals surface area contributed by atoms with Crippen molar-refractivity contribution in [1.82, 2.24) is 0 Å². The van der Waals surface area contributed by atoms with Crippen LogP contribution in [0, 0.1) is 21.7 Å². The molecule has 1 rings (SSSR count). The number of rotatable bonds is 5. The van der Waals surface area contributed by atoms with E-state index in [1.807, 2.05) is 0 Å². The molecule has 1 aromatic carbocycles. The van der Waals surface area contributed by atoms with Gasteiger partial charge in [0.15, 0.2) is 17.3 Å². The van der Waals surface area contributed by atoms with E-state index in [-0.39, 0.29) is 6.54 Å². The van der Waals surface area contributed by atoms with Gasteiger partial charge in [0.2, 0.25) is 0 Å². The van der Waals surface area contributed by atoms with Crippen LogP contribution in [0.5, 0.6) is 0 Å². The summed E-state index contributed by atoms with van der Waals surface area (Å²) in [7, 11) is 0. The molecule has 0 saturated heterocycles. The van der Waals surface area contributed by atoms with Gasteiger partial charge in [0.05, 0.1) is 11.0 Å². The van der Waals surface area contributed by atoms with E-state index in [0.717, 1.165) is 6.07 Å². The summed E-state index contributed by atoms with van der Waals surface area (Å²) in [6, 6.07) is 0.772. The third kappa shape index (κ3) is 3.11. The van der Waals surface area contributed by atoms with Crippen LogP contribution in [0.25, 0.3) is 0 Å². The quantitative estimate of drug-likeness (QED) is 0.542. The second-order valence-electron chi connectivity index (χ2n) is 3.80. The second-order valence-corrected chi connectivity index (χ2v) is 3.80. The van der Waals surface area contributed by atoms with E-state index >= 15 is 0 Å². The van der Waals surface area contributed by atoms with Crippen molar-refractivity contribution in [3.63, 3.8) is 0 Å². The van der Waals surface area contributed by atoms with Gasteiger partial charge in [0, 0.05) is 18.7 Å². The van der Waals surface area contributed by atoms with E-state index < -0.39 is 40.1 Å². The minimum absolute atomic E-state index is 0.126. The van der Waals surface area contributed by atoms with Crippen LogP contribution in [0.3, 0.4) is 0 Å². The Morgan fingerprint density at radius 3 is 2.67 bits per heavy atom. The lowest BCUT2D eigenvalue weighted by molar-refractivity contribution is -0.384. The zero-order chi connectivity index (χ0) is 13.9. The third-order valence-corrected chi connectivity index (χ3v) is 2.40. The summed E-state index contributed by atoms with van der Waals surface area (Å²) in [5.41, 5.74) is 4.32. The van der Waals surface area contributed by atoms with Gasteiger partial charge in [0.1, 0.15) is 0 Å². The molecule has 6 nitrogen and oxygen atoms in total. The van der Waals surface area contributed by atoms with E-state index in [2.05, 4.69) is 5.32 Å². The third-order valence-electron chi connectivity index (χ3n) is 2.40. The minimum Gasteiger partial charge on any atom is -0.392 e. The Morgan fingerprint density at radius 2 is 2.17 bits per heavy atom. The number of hydrogen-bond acceptors (Lipinski definition) is 5. The zero-order valence-electron chi connectivity index (χ0n) is 9.56. The molecule has 0 radical (unpaired) electrons. The first kappa shape index (κ1) is 14.3. The molecule has 0 aromatic heterocycles. The molecule has 0 saturated carbocycles. The molecule has 0 bridgehead atoms. The highest BCUT2D eigenvalue weighted by Gasteiger charge is 2.22. The first-order chi connectivity index (χ1) is 8.34. The van der Waals surface area contributed by atoms with Crippen LogP contribution >= 0.6 is 0 Å². The topological polar surface area (TPSA) is 101 Å². The molecule has 0 aliphatic rings. The molecular weight excluding hydrogens is 248 g/mol. The number of aliphatic hydroxyl groups excluding tert-OH is 1. The van der Waals surface area contributed by atoms with E-state index in [4.69, 9.17) is 10.8 Å². The summed E-state index contributed by atoms with van der Waals surface area (Å²) in [6.45, 7) is 1.29. The average Bonchev–Trinajstić information content (AvgIpc) is 2.29. The Kier molecular flexibility index (Phi) is 4.51. The molecule has 1 aromatic rings. The van der Waals surface area contributed by atoms with Gasteiger partial charge in [-0.15, -0.1) is 0 Å². The predicted octanol–water partition coefficient (Wildman–Crippen LogP) is 0.993. The summed E-state index contributed by atoms with van der Waals surface area (Å²) >= 11 is 0. The van der Waals surface area contributed by atoms with Crippen molar-refractivity contribution in [2.75, 3.05) is 11.9 Å². The van der Waals surface area contributed by atoms with Crippen LogP contribution < -0.4 is 11.1 Å². The first-order valence-electron chi connectivity index (χ1n) is 5.14. The fourth-order valence-corrected chi connectivity index (χ4v) is 1.25. The van der Waals surface area contributed by atoms with Crippen molar-refractivity contribution in [3.8, 4) is 0 Å². The van der Waals surface area contributed by atoms with Gasteiger partial charge in [0.25, 0.3) is 5.69 Å². The number of hydrogen-bond donors (Lipinski definition) is 3. The molecule has 2 atom stereocenters. The maximum atomic E-state index is 13.4. The number of nitrogens with zero attached hydrogens (tertiary/aromatic N) is 1. The molecule has 0 aliphatic carbocycles. The fourth-order valence-electron chi connectivity index (χ4n) is 1.25. The Bertz CT molecular complexity index is 454. The monoisotopic (exact) mass is 261 g/mol. The van der Waals surface area contributed by atoms with Gasteiger partial charge in [-0.05, 0) is 13.0 Å². The molecular formula is C10H13F2N3O3. The molecule has 2 unspecified atom stereocenters. The van der Waals surface area contributed by atoms with Gasteiger partial charge < -0.3 is 16.2 Å². The Morgan fingerprint density at radius 1 is 1.56 bits per heavy atom. The Labute approximate surface area is 102 Å². The fraction of sp³-hybridized carbons (Fsp3) is 0.400. The molecule has 0 spiro atoms. The second kappa shape index (κ2) is 5.69. The minimum atomic E-state index is -1.35. The van der Waals surface area contributed by atoms with Crippen molar-refractivity contribution < 1.29 is 18.8 Å². The number of benzene rings is 1. The van der Waals surface area contributed by atoms with Crippen LogP contribution in [-0.2, 0) is 0 Å². The molecule has 8 heteroatoms. The highest BCUT2D eigenvalue weighted by atomic mass is 19.2. The molecule has 0 amide bonds. The Balaban J connectivity index is 2.99. The lowest BCUT2D eigenvalue weighted by Gasteiger charge is -2.16. The standard InChI is InChI=1S/C10H13F2N3O3/c1-5(16)7(13)4-14-10-8(15(17)18)3-2-6(11)9(10)12/h2-3,5,7,14,16H,4,13H2,1H3. The van der Waals surface area contributed by atoms with Crippen LogP contribution in [-0.4, -0.2) is 28.7 Å². The number of aliphatic hydroxyl groups is 1. The average molecular weight is 261 g/mol. The summed E-state index contributed by atoms with van der Waals surface area (Å²) in [5.74, 6) is -2.55. The van der Waals surface area contributed by atoms with Crippen molar-refractivity contribution >= 4 is 11.4 Å². The van der Waals surface area contributed by atoms with E-state index in [1.165, 1.54) is 6.92 Å². The number of nitro groups is 1. The molecule has 0 aliphatic heterocycles. The number of nitrogens with two attached hydrogens (primary N) is 1. The SMILES string of the molecule is CC(O)C(N)CNc1c([N+](=O)[O-])ccc(F)c1F. The molecule has 0 fully saturated rings. The van der Waals surface area contributed by atoms with Crippen LogP contribution in [0.15, 0.2) is 12.1 Å². The molecule has 0 heterocycles. The lowest BCUT2D eigenvalue weighted by atomic mass is 10.2. The van der Waals surface area contributed by atoms with Gasteiger partial charge >= 0.3 is 0 Å². The van der Waals surface area contributed by atoms with E-state index in [0.29, 0.717) is 6.07 Å². The number of halogens is 2. The summed E-state index contributed by atoms with van der Waals surface area (Å²) in [4.78, 5) is 9.83. The zero-order valence-corrected chi connectivity index (χ0v) is 9.56. The van der Waals surface area contributed by atoms with E-state index in [1.54, 1.807) is 0 Å². The molecule has 18 heavy (non-hydrogen) atoms. The normalized spacial score (nSPS) is 14.1. The summed E-state index contributed by atoms with van der Waals surface area (Å²) in [6.07, 6.45) is -0.881. The smallest absolute Gasteiger partial charge is 0.295 e. The summed E-state index contributed by atoms with van der Waals surface area (Å²) < 4.78 is 26.4. The number of nitrogens with one attached hydrogen (secondary N) is 1. The van der Waals surface area contributed by atoms with Crippen molar-refractivity contribution in [1.29, 1.82) is 0 Å². The van der Waals surface area contributed by atoms with Gasteiger partial charge in [-0.3, -0.25) is 10.1 Å². The predicted molar refractivity (Wildman–Crippen MR) is 61.2 cm³/mol. The molecule has 4 N–H and O–H groups in total. The van der Waals surface area contributed by atoms with Crippen molar-refractivity contribution in [2.45, 2.75) is 19.1 Å². The van der Waals surface area contributed by atoms with Crippen LogP contribution in [0.4, 0.5) is 20.2 Å². The van der Waals surface area contributed by atoms with Gasteiger partial charge in [-0.1, -0.05) is 0 Å². The lowest BCUT2D eigenvalue weighted by Crippen LogP contribution is -2.38. The van der Waals surface area contributed by atoms with Crippen LogP contribution in [0.1, 0.15) is 6.92 Å². The van der Waals surface area contributed by atoms with Crippen molar-refractivity contribution in [2.24, 2.45) is 5.73 Å². The number of anilines is 1. The van der Waals surface area contributed by atoms with Gasteiger partial charge in [-0.2, -0.15) is 0 Å². The van der Waals surface area contributed by atoms with Crippen molar-refractivity contribution in [3.05, 3.63) is 33.9 Å². The number of nitro benzene ring substituents is 1. The largest absolute Gasteiger partial charge is 0.392 e. The van der Waals surface area contributed by atoms with Crippen LogP contribution in [0.2, 0.25) is 0 Å². The Hall–Kier alpha value is -1.80. The molecule has 100 valence electrons. The maximum absolute atomic E-state index is 13.4. The summed E-state index contributed by atoms with van der Waals surface area (Å²) in [5, 5.41) is 22.1. The van der Waals surface area contributed by atoms with E-state index in [9.17, 15) is 18.9 Å². The van der Waals surface area contributed by atoms with Gasteiger partial charge in [-0.25, -0.2) is 8.78 Å². The highest BCUT2D eigenvalue weighted by Crippen LogP contribution is 2.28.